The van der Waals surface area contributed by atoms with E-state index in [0.717, 1.165) is 0 Å². The number of aldehydes is 1. The van der Waals surface area contributed by atoms with Gasteiger partial charge in [0.15, 0.2) is 6.29 Å². The van der Waals surface area contributed by atoms with Gasteiger partial charge in [0.2, 0.25) is 0 Å². The van der Waals surface area contributed by atoms with Crippen molar-refractivity contribution in [1.82, 2.24) is 0 Å². The number of carbonyl (C=O) groups is 1. The first-order valence-corrected chi connectivity index (χ1v) is 2.78. The van der Waals surface area contributed by atoms with E-state index in [1.807, 2.05) is 0 Å². The van der Waals surface area contributed by atoms with Crippen LogP contribution in [0.2, 0.25) is 0 Å². The van der Waals surface area contributed by atoms with E-state index in [2.05, 4.69) is 0 Å². The highest BCUT2D eigenvalue weighted by Gasteiger charge is 2.30. The molecule has 4 nitrogen and oxygen atoms in total. The van der Waals surface area contributed by atoms with Crippen molar-refractivity contribution >= 4 is 6.29 Å². The third-order valence-electron chi connectivity index (χ3n) is 1.10. The van der Waals surface area contributed by atoms with Crippen LogP contribution in [-0.4, -0.2) is 46.3 Å². The highest BCUT2D eigenvalue weighted by atomic mass is 19.3. The predicted octanol–water partition coefficient (Wildman–Crippen LogP) is -1.47. The Morgan fingerprint density at radius 3 is 1.82 bits per heavy atom. The normalized spacial score (nSPS) is 19.5. The molecule has 0 aliphatic heterocycles. The Balaban J connectivity index is 4.00. The Labute approximate surface area is 61.1 Å². The molecule has 3 atom stereocenters. The molecule has 0 aromatic heterocycles. The van der Waals surface area contributed by atoms with Crippen LogP contribution in [0, 0.1) is 0 Å². The van der Waals surface area contributed by atoms with Crippen molar-refractivity contribution in [3.05, 3.63) is 0 Å². The molecule has 0 fully saturated rings. The van der Waals surface area contributed by atoms with Gasteiger partial charge in [-0.05, 0) is 0 Å². The maximum atomic E-state index is 11.5. The molecule has 0 saturated heterocycles. The van der Waals surface area contributed by atoms with E-state index in [1.54, 1.807) is 0 Å². The van der Waals surface area contributed by atoms with Gasteiger partial charge in [0.05, 0.1) is 0 Å². The van der Waals surface area contributed by atoms with E-state index >= 15 is 0 Å². The van der Waals surface area contributed by atoms with Crippen molar-refractivity contribution in [1.29, 1.82) is 0 Å². The minimum Gasteiger partial charge on any atom is -0.387 e. The minimum absolute atomic E-state index is 0.129. The molecule has 0 saturated carbocycles. The van der Waals surface area contributed by atoms with Gasteiger partial charge in [-0.15, -0.1) is 0 Å². The van der Waals surface area contributed by atoms with Crippen LogP contribution in [-0.2, 0) is 4.79 Å². The summed E-state index contributed by atoms with van der Waals surface area (Å²) in [5, 5.41) is 25.4. The number of rotatable bonds is 4. The van der Waals surface area contributed by atoms with E-state index in [4.69, 9.17) is 15.3 Å². The molecule has 0 spiro atoms. The molecule has 0 aromatic carbocycles. The smallest absolute Gasteiger partial charge is 0.266 e. The van der Waals surface area contributed by atoms with Crippen LogP contribution in [0.4, 0.5) is 8.78 Å². The topological polar surface area (TPSA) is 77.8 Å². The van der Waals surface area contributed by atoms with Crippen LogP contribution in [0.1, 0.15) is 0 Å². The maximum Gasteiger partial charge on any atom is 0.266 e. The summed E-state index contributed by atoms with van der Waals surface area (Å²) in [5.74, 6) is 0. The zero-order chi connectivity index (χ0) is 9.02. The molecule has 11 heavy (non-hydrogen) atoms. The second kappa shape index (κ2) is 4.32. The van der Waals surface area contributed by atoms with Gasteiger partial charge in [0, 0.05) is 0 Å². The lowest BCUT2D eigenvalue weighted by atomic mass is 10.1. The molecule has 66 valence electrons. The number of aliphatic hydroxyl groups is 3. The average Bonchev–Trinajstić information content (AvgIpc) is 2.00. The Bertz CT molecular complexity index is 130. The van der Waals surface area contributed by atoms with Gasteiger partial charge in [-0.1, -0.05) is 0 Å². The Morgan fingerprint density at radius 1 is 1.09 bits per heavy atom. The minimum atomic E-state index is -3.18. The van der Waals surface area contributed by atoms with Crippen molar-refractivity contribution in [2.75, 3.05) is 0 Å². The van der Waals surface area contributed by atoms with E-state index in [0.29, 0.717) is 0 Å². The summed E-state index contributed by atoms with van der Waals surface area (Å²) < 4.78 is 23.1. The summed E-state index contributed by atoms with van der Waals surface area (Å²) in [4.78, 5) is 9.71. The molecule has 0 amide bonds. The maximum absolute atomic E-state index is 11.5. The van der Waals surface area contributed by atoms with E-state index in [1.165, 1.54) is 0 Å². The van der Waals surface area contributed by atoms with Crippen molar-refractivity contribution in [2.45, 2.75) is 24.7 Å². The van der Waals surface area contributed by atoms with E-state index < -0.39 is 24.7 Å². The first kappa shape index (κ1) is 10.4. The second-order valence-electron chi connectivity index (χ2n) is 1.94. The van der Waals surface area contributed by atoms with Gasteiger partial charge in [-0.3, -0.25) is 0 Å². The fraction of sp³-hybridized carbons (Fsp3) is 0.800. The average molecular weight is 170 g/mol. The largest absolute Gasteiger partial charge is 0.387 e. The summed E-state index contributed by atoms with van der Waals surface area (Å²) in [6.45, 7) is 0. The third-order valence-corrected chi connectivity index (χ3v) is 1.10. The van der Waals surface area contributed by atoms with Gasteiger partial charge >= 0.3 is 0 Å². The van der Waals surface area contributed by atoms with Gasteiger partial charge in [0.1, 0.15) is 18.3 Å². The van der Waals surface area contributed by atoms with Gasteiger partial charge in [-0.2, -0.15) is 0 Å². The molecular formula is C5H8F2O4. The lowest BCUT2D eigenvalue weighted by Crippen LogP contribution is -2.42. The van der Waals surface area contributed by atoms with Crippen molar-refractivity contribution in [3.63, 3.8) is 0 Å². The van der Waals surface area contributed by atoms with Crippen molar-refractivity contribution in [2.24, 2.45) is 0 Å². The molecule has 0 radical (unpaired) electrons. The van der Waals surface area contributed by atoms with Crippen molar-refractivity contribution < 1.29 is 28.9 Å². The number of hydrogen-bond donors (Lipinski definition) is 3. The van der Waals surface area contributed by atoms with Crippen LogP contribution in [0.3, 0.4) is 0 Å². The predicted molar refractivity (Wildman–Crippen MR) is 30.1 cm³/mol. The fourth-order valence-corrected chi connectivity index (χ4v) is 0.432. The number of carbonyl (C=O) groups excluding carboxylic acids is 1. The van der Waals surface area contributed by atoms with E-state index in [9.17, 15) is 13.6 Å². The quantitative estimate of drug-likeness (QED) is 0.450. The summed E-state index contributed by atoms with van der Waals surface area (Å²) in [6, 6.07) is 0. The molecule has 0 rings (SSSR count). The molecule has 0 aliphatic rings. The Hall–Kier alpha value is -0.590. The number of alkyl halides is 2. The molecule has 0 bridgehead atoms. The third kappa shape index (κ3) is 2.87. The zero-order valence-electron chi connectivity index (χ0n) is 5.39. The number of hydrogen-bond acceptors (Lipinski definition) is 4. The summed E-state index contributed by atoms with van der Waals surface area (Å²) in [5.41, 5.74) is 0. The van der Waals surface area contributed by atoms with E-state index in [-0.39, 0.29) is 6.29 Å². The van der Waals surface area contributed by atoms with Gasteiger partial charge in [0.25, 0.3) is 6.43 Å². The van der Waals surface area contributed by atoms with Crippen molar-refractivity contribution in [3.8, 4) is 0 Å². The summed E-state index contributed by atoms with van der Waals surface area (Å²) >= 11 is 0. The first-order valence-electron chi connectivity index (χ1n) is 2.78. The fourth-order valence-electron chi connectivity index (χ4n) is 0.432. The van der Waals surface area contributed by atoms with Crippen LogP contribution in [0.15, 0.2) is 0 Å². The first-order chi connectivity index (χ1) is 5.00. The van der Waals surface area contributed by atoms with Crippen LogP contribution >= 0.6 is 0 Å². The van der Waals surface area contributed by atoms with Gasteiger partial charge < -0.3 is 20.1 Å². The second-order valence-corrected chi connectivity index (χ2v) is 1.94. The Morgan fingerprint density at radius 2 is 1.55 bits per heavy atom. The monoisotopic (exact) mass is 170 g/mol. The number of halogens is 2. The number of aliphatic hydroxyl groups excluding tert-OH is 3. The lowest BCUT2D eigenvalue weighted by molar-refractivity contribution is -0.137. The lowest BCUT2D eigenvalue weighted by Gasteiger charge is -2.17. The van der Waals surface area contributed by atoms with Crippen LogP contribution in [0.5, 0.6) is 0 Å². The molecule has 0 aliphatic carbocycles. The van der Waals surface area contributed by atoms with Gasteiger partial charge in [-0.25, -0.2) is 8.78 Å². The summed E-state index contributed by atoms with van der Waals surface area (Å²) in [6.07, 6.45) is -9.81. The molecule has 0 heterocycles. The summed E-state index contributed by atoms with van der Waals surface area (Å²) in [7, 11) is 0. The molecular weight excluding hydrogens is 162 g/mol. The van der Waals surface area contributed by atoms with Crippen LogP contribution < -0.4 is 0 Å². The van der Waals surface area contributed by atoms with Crippen LogP contribution in [0.25, 0.3) is 0 Å². The molecule has 3 N–H and O–H groups in total. The SMILES string of the molecule is O=C[C@H](O)[C@H](O)[C@H](O)C(F)F. The Kier molecular flexibility index (Phi) is 4.09. The highest BCUT2D eigenvalue weighted by molar-refractivity contribution is 5.56. The molecule has 0 aromatic rings. The molecule has 6 heteroatoms. The molecule has 0 unspecified atom stereocenters. The highest BCUT2D eigenvalue weighted by Crippen LogP contribution is 2.07. The zero-order valence-corrected chi connectivity index (χ0v) is 5.39. The standard InChI is InChI=1S/C5H8F2O4/c6-5(7)4(11)3(10)2(9)1-8/h1-5,9-11H/t2-,3-,4-/m0/s1.